The second kappa shape index (κ2) is 62.6. The Balaban J connectivity index is 2.20. The third kappa shape index (κ3) is 50.7. The Kier molecular flexibility index (Phi) is 58.6. The van der Waals surface area contributed by atoms with Gasteiger partial charge in [-0.05, 0) is 89.9 Å². The van der Waals surface area contributed by atoms with Crippen molar-refractivity contribution in [2.24, 2.45) is 0 Å². The maximum absolute atomic E-state index is 13.1. The monoisotopic (exact) mass is 1170 g/mol. The van der Waals surface area contributed by atoms with Gasteiger partial charge >= 0.3 is 0 Å². The first kappa shape index (κ1) is 78.6. The van der Waals surface area contributed by atoms with E-state index in [1.807, 2.05) is 6.08 Å². The third-order valence-corrected chi connectivity index (χ3v) is 15.8. The molecule has 84 heavy (non-hydrogen) atoms. The molecule has 1 aliphatic heterocycles. The van der Waals surface area contributed by atoms with Crippen LogP contribution in [0.5, 0.6) is 0 Å². The first-order chi connectivity index (χ1) is 41.3. The number of aliphatic hydroxyl groups is 5. The van der Waals surface area contributed by atoms with Crippen LogP contribution >= 0.6 is 0 Å². The van der Waals surface area contributed by atoms with Gasteiger partial charge in [0.25, 0.3) is 0 Å². The summed E-state index contributed by atoms with van der Waals surface area (Å²) in [4.78, 5) is 13.1. The van der Waals surface area contributed by atoms with E-state index in [4.69, 9.17) is 9.47 Å². The highest BCUT2D eigenvalue weighted by molar-refractivity contribution is 5.76. The molecule has 0 bridgehead atoms. The molecule has 1 heterocycles. The topological polar surface area (TPSA) is 149 Å². The number of ether oxygens (including phenoxy) is 2. The number of rotatable bonds is 59. The van der Waals surface area contributed by atoms with Gasteiger partial charge in [0.2, 0.25) is 5.91 Å². The molecule has 0 spiro atoms. The van der Waals surface area contributed by atoms with E-state index in [0.717, 1.165) is 96.3 Å². The van der Waals surface area contributed by atoms with Crippen LogP contribution in [-0.4, -0.2) is 87.5 Å². The average molecular weight is 1170 g/mol. The predicted molar refractivity (Wildman–Crippen MR) is 359 cm³/mol. The quantitative estimate of drug-likeness (QED) is 0.0261. The summed E-state index contributed by atoms with van der Waals surface area (Å²) in [6.07, 6.45) is 87.2. The lowest BCUT2D eigenvalue weighted by Gasteiger charge is -2.40. The van der Waals surface area contributed by atoms with Crippen LogP contribution in [0.4, 0.5) is 0 Å². The average Bonchev–Trinajstić information content (AvgIpc) is 3.70. The highest BCUT2D eigenvalue weighted by Gasteiger charge is 2.44. The Bertz CT molecular complexity index is 1740. The highest BCUT2D eigenvalue weighted by Crippen LogP contribution is 2.23. The first-order valence-corrected chi connectivity index (χ1v) is 34.8. The zero-order valence-electron chi connectivity index (χ0n) is 53.9. The van der Waals surface area contributed by atoms with Crippen molar-refractivity contribution < 1.29 is 39.8 Å². The van der Waals surface area contributed by atoms with E-state index >= 15 is 0 Å². The van der Waals surface area contributed by atoms with Gasteiger partial charge in [0, 0.05) is 6.42 Å². The van der Waals surface area contributed by atoms with Crippen molar-refractivity contribution in [2.75, 3.05) is 13.2 Å². The highest BCUT2D eigenvalue weighted by atomic mass is 16.7. The molecule has 1 fully saturated rings. The second-order valence-corrected chi connectivity index (χ2v) is 23.6. The van der Waals surface area contributed by atoms with E-state index in [2.05, 4.69) is 129 Å². The van der Waals surface area contributed by atoms with Gasteiger partial charge < -0.3 is 40.3 Å². The number of carbonyl (C=O) groups excluding carboxylic acids is 1. The maximum Gasteiger partial charge on any atom is 0.220 e. The van der Waals surface area contributed by atoms with Crippen LogP contribution in [0, 0.1) is 0 Å². The van der Waals surface area contributed by atoms with Crippen LogP contribution < -0.4 is 5.32 Å². The summed E-state index contributed by atoms with van der Waals surface area (Å²) in [7, 11) is 0. The molecule has 6 N–H and O–H groups in total. The Morgan fingerprint density at radius 3 is 1.10 bits per heavy atom. The summed E-state index contributed by atoms with van der Waals surface area (Å²) in [5.41, 5.74) is 0. The van der Waals surface area contributed by atoms with Gasteiger partial charge in [-0.25, -0.2) is 0 Å². The van der Waals surface area contributed by atoms with E-state index in [0.29, 0.717) is 12.8 Å². The zero-order chi connectivity index (χ0) is 60.7. The number of unbranched alkanes of at least 4 members (excludes halogenated alkanes) is 31. The first-order valence-electron chi connectivity index (χ1n) is 34.8. The molecule has 7 atom stereocenters. The number of amides is 1. The van der Waals surface area contributed by atoms with Crippen molar-refractivity contribution >= 4 is 5.91 Å². The molecule has 0 aliphatic carbocycles. The number of nitrogens with one attached hydrogen (secondary N) is 1. The fourth-order valence-electron chi connectivity index (χ4n) is 10.4. The fourth-order valence-corrected chi connectivity index (χ4v) is 10.4. The van der Waals surface area contributed by atoms with Gasteiger partial charge in [0.05, 0.1) is 25.4 Å². The van der Waals surface area contributed by atoms with Crippen molar-refractivity contribution in [3.05, 3.63) is 122 Å². The standard InChI is InChI=1S/C75H129NO8/c1-3-5-7-9-11-13-15-17-19-21-23-25-27-29-31-33-35-37-39-41-43-45-47-49-51-53-55-57-59-61-63-65-71(79)76-68(67-83-75-74(82)73(81)72(80)70(66-77)84-75)69(78)64-62-60-58-56-54-52-50-48-46-44-42-40-38-36-34-32-30-28-26-24-22-20-18-16-14-12-10-8-6-4-2/h5,7,11,13,17,19,23,25,29,31,35,37,41,43,47,49,53,55,62,64,68-70,72-75,77-78,80-82H,3-4,6,8-10,12,14-16,18,20-22,24,26-28,30,32-34,36,38-40,42,44-46,48,50-52,54,56-61,63,65-67H2,1-2H3,(H,76,79)/b7-5-,13-11-,19-17-,25-23-,31-29-,37-35-,43-41-,49-47-,55-53-,64-62+. The predicted octanol–water partition coefficient (Wildman–Crippen LogP) is 19.0. The molecule has 0 radical (unpaired) electrons. The van der Waals surface area contributed by atoms with Gasteiger partial charge in [-0.3, -0.25) is 4.79 Å². The van der Waals surface area contributed by atoms with Gasteiger partial charge in [0.15, 0.2) is 6.29 Å². The van der Waals surface area contributed by atoms with E-state index < -0.39 is 49.5 Å². The summed E-state index contributed by atoms with van der Waals surface area (Å²) in [5.74, 6) is -0.210. The molecule has 1 saturated heterocycles. The van der Waals surface area contributed by atoms with Crippen molar-refractivity contribution in [3.8, 4) is 0 Å². The number of aliphatic hydroxyl groups excluding tert-OH is 5. The van der Waals surface area contributed by atoms with Crippen LogP contribution in [0.2, 0.25) is 0 Å². The molecule has 0 aromatic carbocycles. The smallest absolute Gasteiger partial charge is 0.220 e. The van der Waals surface area contributed by atoms with Gasteiger partial charge in [-0.2, -0.15) is 0 Å². The third-order valence-electron chi connectivity index (χ3n) is 15.8. The number of hydrogen-bond acceptors (Lipinski definition) is 8. The normalized spacial score (nSPS) is 19.0. The van der Waals surface area contributed by atoms with E-state index in [9.17, 15) is 30.3 Å². The van der Waals surface area contributed by atoms with Crippen LogP contribution in [0.3, 0.4) is 0 Å². The molecule has 482 valence electrons. The number of hydrogen-bond donors (Lipinski definition) is 6. The number of carbonyl (C=O) groups is 1. The minimum Gasteiger partial charge on any atom is -0.394 e. The van der Waals surface area contributed by atoms with Crippen molar-refractivity contribution in [1.82, 2.24) is 5.32 Å². The molecule has 9 nitrogen and oxygen atoms in total. The summed E-state index contributed by atoms with van der Waals surface area (Å²) < 4.78 is 11.3. The summed E-state index contributed by atoms with van der Waals surface area (Å²) in [6, 6.07) is -0.834. The molecular weight excluding hydrogens is 1040 g/mol. The van der Waals surface area contributed by atoms with Crippen LogP contribution in [0.1, 0.15) is 290 Å². The second-order valence-electron chi connectivity index (χ2n) is 23.6. The Morgan fingerprint density at radius 1 is 0.417 bits per heavy atom. The van der Waals surface area contributed by atoms with Crippen LogP contribution in [-0.2, 0) is 14.3 Å². The van der Waals surface area contributed by atoms with Gasteiger partial charge in [0.1, 0.15) is 24.4 Å². The van der Waals surface area contributed by atoms with E-state index in [1.165, 1.54) is 167 Å². The lowest BCUT2D eigenvalue weighted by atomic mass is 9.99. The van der Waals surface area contributed by atoms with Crippen molar-refractivity contribution in [2.45, 2.75) is 333 Å². The van der Waals surface area contributed by atoms with E-state index in [1.54, 1.807) is 6.08 Å². The molecule has 0 aromatic heterocycles. The summed E-state index contributed by atoms with van der Waals surface area (Å²) in [5, 5.41) is 54.7. The lowest BCUT2D eigenvalue weighted by molar-refractivity contribution is -0.302. The molecule has 9 heteroatoms. The Hall–Kier alpha value is -3.41. The minimum absolute atomic E-state index is 0.209. The SMILES string of the molecule is CC/C=C\C/C=C\C/C=C\C/C=C\C/C=C\C/C=C\C/C=C\C/C=C\C/C=C\CCCCCC(=O)NC(COC1OC(CO)C(O)C(O)C1O)C(O)/C=C/CCCCCCCCCCCCCCCCCCCCCCCCCCCCCC. The van der Waals surface area contributed by atoms with E-state index in [-0.39, 0.29) is 12.5 Å². The number of allylic oxidation sites excluding steroid dienone is 19. The largest absolute Gasteiger partial charge is 0.394 e. The Labute approximate surface area is 516 Å². The van der Waals surface area contributed by atoms with Crippen molar-refractivity contribution in [1.29, 1.82) is 0 Å². The molecular formula is C75H129NO8. The maximum atomic E-state index is 13.1. The zero-order valence-corrected chi connectivity index (χ0v) is 53.9. The molecule has 1 amide bonds. The van der Waals surface area contributed by atoms with Crippen molar-refractivity contribution in [3.63, 3.8) is 0 Å². The Morgan fingerprint density at radius 2 is 0.738 bits per heavy atom. The minimum atomic E-state index is -1.58. The molecule has 0 saturated carbocycles. The van der Waals surface area contributed by atoms with Gasteiger partial charge in [-0.1, -0.05) is 315 Å². The summed E-state index contributed by atoms with van der Waals surface area (Å²) >= 11 is 0. The lowest BCUT2D eigenvalue weighted by Crippen LogP contribution is -2.60. The van der Waals surface area contributed by atoms with Gasteiger partial charge in [-0.15, -0.1) is 0 Å². The van der Waals surface area contributed by atoms with Crippen LogP contribution in [0.25, 0.3) is 0 Å². The molecule has 7 unspecified atom stereocenters. The molecule has 1 rings (SSSR count). The fraction of sp³-hybridized carbons (Fsp3) is 0.720. The van der Waals surface area contributed by atoms with Crippen LogP contribution in [0.15, 0.2) is 122 Å². The summed E-state index contributed by atoms with van der Waals surface area (Å²) in [6.45, 7) is 3.67. The molecule has 1 aliphatic rings. The molecule has 0 aromatic rings.